The minimum Gasteiger partial charge on any atom is -0.381 e. The van der Waals surface area contributed by atoms with Crippen molar-refractivity contribution in [2.45, 2.75) is 0 Å². The van der Waals surface area contributed by atoms with Crippen LogP contribution in [0.5, 0.6) is 0 Å². The molecule has 0 fully saturated rings. The minimum atomic E-state index is 0.710. The van der Waals surface area contributed by atoms with E-state index in [0.717, 1.165) is 6.54 Å². The normalized spacial score (nSPS) is 10.8. The van der Waals surface area contributed by atoms with E-state index in [2.05, 4.69) is 5.32 Å². The van der Waals surface area contributed by atoms with Crippen LogP contribution in [0.15, 0.2) is 12.2 Å². The molecule has 0 unspecified atom stereocenters. The van der Waals surface area contributed by atoms with Gasteiger partial charge < -0.3 is 10.1 Å². The van der Waals surface area contributed by atoms with Crippen molar-refractivity contribution < 1.29 is 4.74 Å². The van der Waals surface area contributed by atoms with Gasteiger partial charge in [-0.05, 0) is 7.05 Å². The second-order valence-corrected chi connectivity index (χ2v) is 1.48. The van der Waals surface area contributed by atoms with Gasteiger partial charge in [0, 0.05) is 13.7 Å². The van der Waals surface area contributed by atoms with Gasteiger partial charge in [0.05, 0.1) is 6.61 Å². The lowest BCUT2D eigenvalue weighted by Gasteiger charge is -1.87. The van der Waals surface area contributed by atoms with E-state index < -0.39 is 0 Å². The summed E-state index contributed by atoms with van der Waals surface area (Å²) in [6, 6.07) is 0. The first-order valence-corrected chi connectivity index (χ1v) is 2.70. The maximum Gasteiger partial charge on any atom is 0.0644 e. The zero-order valence-corrected chi connectivity index (χ0v) is 5.48. The van der Waals surface area contributed by atoms with E-state index in [1.165, 1.54) is 0 Å². The number of ether oxygens (including phenoxy) is 1. The van der Waals surface area contributed by atoms with E-state index in [4.69, 9.17) is 4.74 Å². The Bertz CT molecular complexity index is 53.5. The van der Waals surface area contributed by atoms with Gasteiger partial charge in [-0.25, -0.2) is 0 Å². The molecular formula is C6H13NO. The fraction of sp³-hybridized carbons (Fsp3) is 0.667. The maximum absolute atomic E-state index is 4.77. The summed E-state index contributed by atoms with van der Waals surface area (Å²) in [4.78, 5) is 0. The highest BCUT2D eigenvalue weighted by Crippen LogP contribution is 1.70. The quantitative estimate of drug-likeness (QED) is 0.536. The molecular weight excluding hydrogens is 102 g/mol. The van der Waals surface area contributed by atoms with Gasteiger partial charge in [0.25, 0.3) is 0 Å². The fourth-order valence-corrected chi connectivity index (χ4v) is 0.365. The highest BCUT2D eigenvalue weighted by Gasteiger charge is 1.69. The molecule has 1 N–H and O–H groups in total. The van der Waals surface area contributed by atoms with Crippen molar-refractivity contribution in [1.82, 2.24) is 5.32 Å². The molecule has 0 bridgehead atoms. The molecule has 0 atom stereocenters. The summed E-state index contributed by atoms with van der Waals surface area (Å²) in [6.07, 6.45) is 4.01. The lowest BCUT2D eigenvalue weighted by Crippen LogP contribution is -2.04. The second kappa shape index (κ2) is 6.66. The summed E-state index contributed by atoms with van der Waals surface area (Å²) >= 11 is 0. The van der Waals surface area contributed by atoms with Crippen LogP contribution in [-0.4, -0.2) is 27.3 Å². The van der Waals surface area contributed by atoms with Crippen LogP contribution in [0.1, 0.15) is 0 Å². The lowest BCUT2D eigenvalue weighted by molar-refractivity contribution is 0.233. The largest absolute Gasteiger partial charge is 0.381 e. The Morgan fingerprint density at radius 3 is 2.75 bits per heavy atom. The summed E-state index contributed by atoms with van der Waals surface area (Å²) < 4.78 is 4.77. The summed E-state index contributed by atoms with van der Waals surface area (Å²) in [7, 11) is 3.60. The van der Waals surface area contributed by atoms with E-state index in [1.807, 2.05) is 19.2 Å². The Morgan fingerprint density at radius 1 is 1.50 bits per heavy atom. The molecule has 8 heavy (non-hydrogen) atoms. The molecule has 0 aromatic heterocycles. The van der Waals surface area contributed by atoms with Crippen molar-refractivity contribution in [1.29, 1.82) is 0 Å². The fourth-order valence-electron chi connectivity index (χ4n) is 0.365. The lowest BCUT2D eigenvalue weighted by atomic mass is 10.5. The zero-order chi connectivity index (χ0) is 6.24. The highest BCUT2D eigenvalue weighted by molar-refractivity contribution is 4.82. The highest BCUT2D eigenvalue weighted by atomic mass is 16.5. The third-order valence-electron chi connectivity index (χ3n) is 0.752. The van der Waals surface area contributed by atoms with Crippen molar-refractivity contribution in [3.05, 3.63) is 12.2 Å². The summed E-state index contributed by atoms with van der Waals surface area (Å²) in [6.45, 7) is 1.63. The average Bonchev–Trinajstić information content (AvgIpc) is 1.81. The number of rotatable bonds is 4. The first kappa shape index (κ1) is 7.66. The molecule has 0 amide bonds. The zero-order valence-electron chi connectivity index (χ0n) is 5.48. The van der Waals surface area contributed by atoms with Crippen LogP contribution in [0, 0.1) is 0 Å². The van der Waals surface area contributed by atoms with Crippen molar-refractivity contribution in [2.24, 2.45) is 0 Å². The number of hydrogen-bond acceptors (Lipinski definition) is 2. The van der Waals surface area contributed by atoms with Crippen LogP contribution in [-0.2, 0) is 4.74 Å². The van der Waals surface area contributed by atoms with Gasteiger partial charge >= 0.3 is 0 Å². The Hall–Kier alpha value is -0.340. The van der Waals surface area contributed by atoms with Gasteiger partial charge in [0.2, 0.25) is 0 Å². The molecule has 0 radical (unpaired) electrons. The summed E-state index contributed by atoms with van der Waals surface area (Å²) in [5.74, 6) is 0. The first-order valence-electron chi connectivity index (χ1n) is 2.70. The van der Waals surface area contributed by atoms with E-state index in [-0.39, 0.29) is 0 Å². The van der Waals surface area contributed by atoms with Gasteiger partial charge in [-0.3, -0.25) is 0 Å². The SMILES string of the molecule is CNCC=CCOC. The van der Waals surface area contributed by atoms with E-state index in [0.29, 0.717) is 6.61 Å². The molecule has 0 aliphatic carbocycles. The van der Waals surface area contributed by atoms with Crippen LogP contribution in [0.4, 0.5) is 0 Å². The van der Waals surface area contributed by atoms with Crippen LogP contribution in [0.3, 0.4) is 0 Å². The molecule has 48 valence electrons. The smallest absolute Gasteiger partial charge is 0.0644 e. The molecule has 0 rings (SSSR count). The third kappa shape index (κ3) is 5.66. The van der Waals surface area contributed by atoms with E-state index in [9.17, 15) is 0 Å². The predicted octanol–water partition coefficient (Wildman–Crippen LogP) is 0.408. The third-order valence-corrected chi connectivity index (χ3v) is 0.752. The Balaban J connectivity index is 2.83. The summed E-state index contributed by atoms with van der Waals surface area (Å²) in [5.41, 5.74) is 0. The van der Waals surface area contributed by atoms with Crippen LogP contribution < -0.4 is 5.32 Å². The van der Waals surface area contributed by atoms with E-state index >= 15 is 0 Å². The molecule has 2 heteroatoms. The molecule has 0 aliphatic rings. The Morgan fingerprint density at radius 2 is 2.25 bits per heavy atom. The standard InChI is InChI=1S/C6H13NO/c1-7-5-3-4-6-8-2/h3-4,7H,5-6H2,1-2H3. The Kier molecular flexibility index (Phi) is 6.38. The van der Waals surface area contributed by atoms with Gasteiger partial charge in [0.15, 0.2) is 0 Å². The monoisotopic (exact) mass is 115 g/mol. The second-order valence-electron chi connectivity index (χ2n) is 1.48. The molecule has 0 heterocycles. The molecule has 0 saturated heterocycles. The molecule has 0 aliphatic heterocycles. The van der Waals surface area contributed by atoms with Gasteiger partial charge in [-0.1, -0.05) is 12.2 Å². The maximum atomic E-state index is 4.77. The minimum absolute atomic E-state index is 0.710. The van der Waals surface area contributed by atoms with Crippen molar-refractivity contribution >= 4 is 0 Å². The molecule has 0 aromatic rings. The van der Waals surface area contributed by atoms with E-state index in [1.54, 1.807) is 7.11 Å². The first-order chi connectivity index (χ1) is 3.91. The Labute approximate surface area is 50.5 Å². The average molecular weight is 115 g/mol. The van der Waals surface area contributed by atoms with Crippen molar-refractivity contribution in [2.75, 3.05) is 27.3 Å². The molecule has 0 saturated carbocycles. The number of methoxy groups -OCH3 is 1. The number of nitrogens with one attached hydrogen (secondary N) is 1. The number of likely N-dealkylation sites (N-methyl/N-ethyl adjacent to an activating group) is 1. The topological polar surface area (TPSA) is 21.3 Å². The van der Waals surface area contributed by atoms with Crippen LogP contribution >= 0.6 is 0 Å². The van der Waals surface area contributed by atoms with Crippen LogP contribution in [0.2, 0.25) is 0 Å². The summed E-state index contributed by atoms with van der Waals surface area (Å²) in [5, 5.41) is 2.98. The predicted molar refractivity (Wildman–Crippen MR) is 34.9 cm³/mol. The molecule has 0 aromatic carbocycles. The van der Waals surface area contributed by atoms with Crippen molar-refractivity contribution in [3.8, 4) is 0 Å². The molecule has 0 spiro atoms. The van der Waals surface area contributed by atoms with Crippen molar-refractivity contribution in [3.63, 3.8) is 0 Å². The van der Waals surface area contributed by atoms with Crippen LogP contribution in [0.25, 0.3) is 0 Å². The molecule has 2 nitrogen and oxygen atoms in total. The van der Waals surface area contributed by atoms with Gasteiger partial charge in [0.1, 0.15) is 0 Å². The number of hydrogen-bond donors (Lipinski definition) is 1. The van der Waals surface area contributed by atoms with Gasteiger partial charge in [-0.15, -0.1) is 0 Å². The van der Waals surface area contributed by atoms with Gasteiger partial charge in [-0.2, -0.15) is 0 Å².